The van der Waals surface area contributed by atoms with E-state index < -0.39 is 85.2 Å². The van der Waals surface area contributed by atoms with Gasteiger partial charge in [-0.25, -0.2) is 0 Å². The Morgan fingerprint density at radius 2 is 0.650 bits per heavy atom. The Morgan fingerprint density at radius 1 is 0.400 bits per heavy atom. The van der Waals surface area contributed by atoms with E-state index in [2.05, 4.69) is 18.9 Å². The molecule has 0 aromatic heterocycles. The monoisotopic (exact) mass is 920 g/mol. The number of hydrogen-bond acceptors (Lipinski definition) is 14. The van der Waals surface area contributed by atoms with E-state index in [-0.39, 0.29) is 21.3 Å². The van der Waals surface area contributed by atoms with Crippen molar-refractivity contribution in [2.45, 2.75) is 45.8 Å². The third kappa shape index (κ3) is 11.2. The van der Waals surface area contributed by atoms with Gasteiger partial charge in [0.1, 0.15) is 31.1 Å². The van der Waals surface area contributed by atoms with E-state index in [4.69, 9.17) is 8.37 Å². The molecule has 0 aliphatic rings. The topological polar surface area (TPSA) is 198 Å². The summed E-state index contributed by atoms with van der Waals surface area (Å²) in [4.78, 5) is -2.03. The number of rotatable bonds is 14. The summed E-state index contributed by atoms with van der Waals surface area (Å²) in [7, 11) is -18.9. The molecule has 0 radical (unpaired) electrons. The number of hydrogen-bond donors (Lipinski definition) is 0. The zero-order valence-electron chi connectivity index (χ0n) is 30.2. The van der Waals surface area contributed by atoms with Crippen LogP contribution in [0.2, 0.25) is 0 Å². The Morgan fingerprint density at radius 3 is 0.917 bits per heavy atom. The largest absolute Gasteiger partial charge is 0.437 e. The molecule has 0 spiro atoms. The van der Waals surface area contributed by atoms with E-state index in [9.17, 15) is 60.0 Å². The van der Waals surface area contributed by atoms with Gasteiger partial charge in [0.2, 0.25) is 0 Å². The maximum Gasteiger partial charge on any atom is 0.437 e. The lowest BCUT2D eigenvalue weighted by molar-refractivity contribution is -0.0608. The lowest BCUT2D eigenvalue weighted by Gasteiger charge is -2.13. The Labute approximate surface area is 338 Å². The second kappa shape index (κ2) is 16.9. The van der Waals surface area contributed by atoms with Gasteiger partial charge in [0.05, 0.1) is 0 Å². The summed E-state index contributed by atoms with van der Waals surface area (Å²) in [6, 6.07) is 19.2. The smallest absolute Gasteiger partial charge is 0.379 e. The van der Waals surface area contributed by atoms with E-state index in [0.29, 0.717) is 24.3 Å². The quantitative estimate of drug-likeness (QED) is 0.0471. The first-order valence-electron chi connectivity index (χ1n) is 16.3. The maximum absolute atomic E-state index is 14.0. The van der Waals surface area contributed by atoms with E-state index in [1.807, 2.05) is 0 Å². The average molecular weight is 921 g/mol. The zero-order valence-corrected chi connectivity index (χ0v) is 33.5. The van der Waals surface area contributed by atoms with Gasteiger partial charge in [-0.05, 0) is 86.6 Å². The van der Waals surface area contributed by atoms with Crippen LogP contribution in [0, 0.1) is 13.8 Å². The molecule has 0 aliphatic carbocycles. The van der Waals surface area contributed by atoms with Crippen molar-refractivity contribution in [3.8, 4) is 11.5 Å². The predicted octanol–water partition coefficient (Wildman–Crippen LogP) is 7.18. The van der Waals surface area contributed by atoms with Crippen molar-refractivity contribution in [2.75, 3.05) is 0 Å². The number of benzene rings is 5. The Balaban J connectivity index is 1.31. The molecule has 5 rings (SSSR count). The summed E-state index contributed by atoms with van der Waals surface area (Å²) in [6.45, 7) is 3.43. The van der Waals surface area contributed by atoms with Crippen LogP contribution in [-0.2, 0) is 49.0 Å². The summed E-state index contributed by atoms with van der Waals surface area (Å²) < 4.78 is 203. The number of alkyl halides is 6. The zero-order chi connectivity index (χ0) is 44.3. The number of halogens is 6. The molecule has 0 saturated heterocycles. The van der Waals surface area contributed by atoms with Crippen molar-refractivity contribution < 1.29 is 76.9 Å². The third-order valence-corrected chi connectivity index (χ3v) is 12.4. The number of oxime groups is 2. The molecule has 0 bridgehead atoms. The lowest BCUT2D eigenvalue weighted by atomic mass is 10.0. The minimum atomic E-state index is -5.46. The fourth-order valence-electron chi connectivity index (χ4n) is 4.66. The molecule has 0 heterocycles. The molecule has 0 saturated carbocycles. The summed E-state index contributed by atoms with van der Waals surface area (Å²) in [6.07, 6.45) is -10.9. The van der Waals surface area contributed by atoms with Crippen LogP contribution in [0.25, 0.3) is 0 Å². The van der Waals surface area contributed by atoms with Crippen LogP contribution >= 0.6 is 0 Å². The first kappa shape index (κ1) is 45.1. The van der Waals surface area contributed by atoms with Crippen LogP contribution in [0.3, 0.4) is 0 Å². The minimum Gasteiger partial charge on any atom is -0.379 e. The first-order valence-corrected chi connectivity index (χ1v) is 21.9. The Hall–Kier alpha value is -5.98. The highest BCUT2D eigenvalue weighted by molar-refractivity contribution is 7.87. The van der Waals surface area contributed by atoms with Crippen molar-refractivity contribution in [3.05, 3.63) is 144 Å². The third-order valence-electron chi connectivity index (χ3n) is 7.68. The molecule has 5 aromatic carbocycles. The second-order valence-electron chi connectivity index (χ2n) is 12.2. The average Bonchev–Trinajstić information content (AvgIpc) is 3.15. The fourth-order valence-corrected chi connectivity index (χ4v) is 7.98. The molecule has 14 nitrogen and oxygen atoms in total. The van der Waals surface area contributed by atoms with Crippen LogP contribution in [0.1, 0.15) is 22.3 Å². The molecular weight excluding hydrogens is 895 g/mol. The van der Waals surface area contributed by atoms with Gasteiger partial charge in [-0.1, -0.05) is 70.0 Å². The van der Waals surface area contributed by atoms with Gasteiger partial charge in [-0.3, -0.25) is 8.57 Å². The molecule has 60 heavy (non-hydrogen) atoms. The predicted molar refractivity (Wildman–Crippen MR) is 199 cm³/mol. The highest BCUT2D eigenvalue weighted by atomic mass is 32.2. The first-order chi connectivity index (χ1) is 27.8. The molecule has 5 aromatic rings. The molecule has 0 fully saturated rings. The molecule has 318 valence electrons. The Bertz CT molecular complexity index is 2670. The van der Waals surface area contributed by atoms with Gasteiger partial charge in [-0.2, -0.15) is 60.0 Å². The second-order valence-corrected chi connectivity index (χ2v) is 18.3. The molecule has 0 unspecified atom stereocenters. The van der Waals surface area contributed by atoms with Crippen molar-refractivity contribution in [3.63, 3.8) is 0 Å². The van der Waals surface area contributed by atoms with Crippen LogP contribution in [0.5, 0.6) is 11.5 Å². The van der Waals surface area contributed by atoms with Crippen LogP contribution in [-0.4, -0.2) is 57.4 Å². The molecule has 0 amide bonds. The molecule has 0 atom stereocenters. The van der Waals surface area contributed by atoms with Crippen LogP contribution in [0.15, 0.2) is 151 Å². The molecule has 0 N–H and O–H groups in total. The summed E-state index contributed by atoms with van der Waals surface area (Å²) in [5.41, 5.74) is -4.55. The van der Waals surface area contributed by atoms with Crippen molar-refractivity contribution in [1.82, 2.24) is 0 Å². The fraction of sp³-hybridized carbons (Fsp3) is 0.111. The van der Waals surface area contributed by atoms with Gasteiger partial charge < -0.3 is 8.37 Å². The summed E-state index contributed by atoms with van der Waals surface area (Å²) >= 11 is 0. The Kier molecular flexibility index (Phi) is 12.7. The van der Waals surface area contributed by atoms with E-state index in [1.54, 1.807) is 13.8 Å². The maximum atomic E-state index is 14.0. The van der Waals surface area contributed by atoms with Gasteiger partial charge in [-0.15, -0.1) is 0 Å². The highest BCUT2D eigenvalue weighted by Crippen LogP contribution is 2.29. The van der Waals surface area contributed by atoms with E-state index in [0.717, 1.165) is 59.7 Å². The van der Waals surface area contributed by atoms with Gasteiger partial charge in [0, 0.05) is 11.1 Å². The van der Waals surface area contributed by atoms with Crippen LogP contribution < -0.4 is 8.37 Å². The molecule has 24 heteroatoms. The van der Waals surface area contributed by atoms with E-state index in [1.165, 1.54) is 48.5 Å². The van der Waals surface area contributed by atoms with Gasteiger partial charge >= 0.3 is 52.8 Å². The molecule has 0 aliphatic heterocycles. The molecular formula is C36H26F6N2O12S4. The highest BCUT2D eigenvalue weighted by Gasteiger charge is 2.41. The normalized spacial score (nSPS) is 13.4. The van der Waals surface area contributed by atoms with E-state index >= 15 is 0 Å². The van der Waals surface area contributed by atoms with Crippen LogP contribution in [0.4, 0.5) is 26.3 Å². The minimum absolute atomic E-state index is 0.222. The SMILES string of the molecule is Cc1ccc(S(=O)(=O)Oc2ccc(S(=O)(=O)ON=C(c3ccc(C(=NOS(=O)(=O)c4ccc(OS(=O)(=O)c5ccc(C)cc5)cc4)C(F)(F)F)cc3)C(F)(F)F)cc2)cc1. The standard InChI is InChI=1S/C36H26F6N2O12S4/c1-23-3-15-29(16-4-23)57(45,46)53-27-11-19-31(20-12-27)59(49,50)55-43-33(35(37,38)39)25-7-9-26(10-8-25)34(36(40,41)42)44-56-60(51,52)32-21-13-28(14-22-32)54-58(47,48)30-17-5-24(2)6-18-30/h3-22H,1-2H3. The number of aryl methyl sites for hydroxylation is 2. The van der Waals surface area contributed by atoms with Gasteiger partial charge in [0.25, 0.3) is 0 Å². The van der Waals surface area contributed by atoms with Gasteiger partial charge in [0.15, 0.2) is 11.4 Å². The lowest BCUT2D eigenvalue weighted by Crippen LogP contribution is -2.26. The van der Waals surface area contributed by atoms with Crippen molar-refractivity contribution in [2.24, 2.45) is 10.3 Å². The summed E-state index contributed by atoms with van der Waals surface area (Å²) in [5.74, 6) is -0.736. The van der Waals surface area contributed by atoms with Crippen molar-refractivity contribution >= 4 is 51.9 Å². The number of nitrogens with zero attached hydrogens (tertiary/aromatic N) is 2. The van der Waals surface area contributed by atoms with Crippen molar-refractivity contribution in [1.29, 1.82) is 0 Å². The summed E-state index contributed by atoms with van der Waals surface area (Å²) in [5, 5.41) is 5.38.